The number of rotatable bonds is 4. The molecule has 1 aromatic rings. The molecular weight excluding hydrogens is 345 g/mol. The summed E-state index contributed by atoms with van der Waals surface area (Å²) in [6.07, 6.45) is 0.764. The molecule has 5 heteroatoms. The van der Waals surface area contributed by atoms with Crippen LogP contribution in [0.4, 0.5) is 5.69 Å². The van der Waals surface area contributed by atoms with Gasteiger partial charge in [0, 0.05) is 15.8 Å². The number of carboxylic acid groups (broad SMARTS) is 1. The van der Waals surface area contributed by atoms with Crippen molar-refractivity contribution in [3.8, 4) is 0 Å². The van der Waals surface area contributed by atoms with Gasteiger partial charge in [0.2, 0.25) is 0 Å². The van der Waals surface area contributed by atoms with Crippen LogP contribution in [0, 0.1) is 10.5 Å². The van der Waals surface area contributed by atoms with E-state index in [4.69, 9.17) is 9.84 Å². The van der Waals surface area contributed by atoms with Gasteiger partial charge in [-0.25, -0.2) is 4.79 Å². The van der Waals surface area contributed by atoms with E-state index >= 15 is 0 Å². The van der Waals surface area contributed by atoms with Gasteiger partial charge >= 0.3 is 5.97 Å². The topological polar surface area (TPSA) is 58.6 Å². The summed E-state index contributed by atoms with van der Waals surface area (Å²) in [4.78, 5) is 10.8. The number of hydrogen-bond acceptors (Lipinski definition) is 3. The van der Waals surface area contributed by atoms with Crippen molar-refractivity contribution in [3.05, 3.63) is 27.3 Å². The Balaban J connectivity index is 1.85. The molecule has 2 N–H and O–H groups in total. The Labute approximate surface area is 120 Å². The van der Waals surface area contributed by atoms with Crippen molar-refractivity contribution < 1.29 is 14.6 Å². The van der Waals surface area contributed by atoms with Gasteiger partial charge in [-0.05, 0) is 60.1 Å². The molecule has 1 aromatic carbocycles. The number of aliphatic carboxylic acids is 1. The van der Waals surface area contributed by atoms with Crippen LogP contribution in [-0.2, 0) is 9.53 Å². The van der Waals surface area contributed by atoms with E-state index in [1.165, 1.54) is 9.13 Å². The quantitative estimate of drug-likeness (QED) is 0.810. The molecule has 0 bridgehead atoms. The summed E-state index contributed by atoms with van der Waals surface area (Å²) in [6.45, 7) is 2.73. The van der Waals surface area contributed by atoms with Crippen LogP contribution in [0.1, 0.15) is 18.4 Å². The minimum absolute atomic E-state index is 0.00920. The van der Waals surface area contributed by atoms with Crippen LogP contribution in [0.5, 0.6) is 0 Å². The number of carboxylic acids is 1. The van der Waals surface area contributed by atoms with Crippen molar-refractivity contribution in [2.24, 2.45) is 0 Å². The van der Waals surface area contributed by atoms with Crippen LogP contribution < -0.4 is 5.32 Å². The van der Waals surface area contributed by atoms with Crippen LogP contribution in [0.3, 0.4) is 0 Å². The van der Waals surface area contributed by atoms with Gasteiger partial charge in [-0.15, -0.1) is 0 Å². The number of hydrogen-bond donors (Lipinski definition) is 2. The second-order valence-electron chi connectivity index (χ2n) is 4.51. The molecule has 2 atom stereocenters. The molecular formula is C13H16INO3. The van der Waals surface area contributed by atoms with Crippen molar-refractivity contribution >= 4 is 34.2 Å². The second-order valence-corrected chi connectivity index (χ2v) is 5.67. The van der Waals surface area contributed by atoms with Crippen LogP contribution in [-0.4, -0.2) is 29.8 Å². The predicted octanol–water partition coefficient (Wildman–Crippen LogP) is 2.64. The first-order chi connectivity index (χ1) is 8.56. The highest BCUT2D eigenvalue weighted by molar-refractivity contribution is 14.1. The zero-order valence-electron chi connectivity index (χ0n) is 10.1. The fourth-order valence-corrected chi connectivity index (χ4v) is 2.49. The molecule has 98 valence electrons. The van der Waals surface area contributed by atoms with Gasteiger partial charge in [0.05, 0.1) is 6.10 Å². The van der Waals surface area contributed by atoms with E-state index < -0.39 is 12.1 Å². The molecule has 0 aliphatic carbocycles. The summed E-state index contributed by atoms with van der Waals surface area (Å²) in [7, 11) is 0. The van der Waals surface area contributed by atoms with Gasteiger partial charge in [0.1, 0.15) is 0 Å². The second kappa shape index (κ2) is 5.88. The molecule has 4 nitrogen and oxygen atoms in total. The van der Waals surface area contributed by atoms with Gasteiger partial charge in [0.25, 0.3) is 0 Å². The summed E-state index contributed by atoms with van der Waals surface area (Å²) in [6, 6.07) is 6.18. The maximum absolute atomic E-state index is 10.8. The molecule has 1 aliphatic rings. The highest BCUT2D eigenvalue weighted by Gasteiger charge is 2.30. The van der Waals surface area contributed by atoms with Crippen molar-refractivity contribution in [2.45, 2.75) is 32.0 Å². The molecule has 2 unspecified atom stereocenters. The van der Waals surface area contributed by atoms with E-state index in [1.54, 1.807) is 0 Å². The molecule has 0 radical (unpaired) electrons. The van der Waals surface area contributed by atoms with E-state index in [-0.39, 0.29) is 6.10 Å². The number of anilines is 1. The van der Waals surface area contributed by atoms with Gasteiger partial charge in [-0.1, -0.05) is 6.07 Å². The van der Waals surface area contributed by atoms with E-state index in [1.807, 2.05) is 6.07 Å². The zero-order chi connectivity index (χ0) is 13.1. The normalized spacial score (nSPS) is 23.0. The molecule has 18 heavy (non-hydrogen) atoms. The number of nitrogens with one attached hydrogen (secondary N) is 1. The molecule has 1 saturated heterocycles. The molecule has 1 aliphatic heterocycles. The van der Waals surface area contributed by atoms with Crippen molar-refractivity contribution in [3.63, 3.8) is 0 Å². The Bertz CT molecular complexity index is 450. The fourth-order valence-electron chi connectivity index (χ4n) is 1.97. The third kappa shape index (κ3) is 3.35. The van der Waals surface area contributed by atoms with Gasteiger partial charge in [0.15, 0.2) is 6.10 Å². The smallest absolute Gasteiger partial charge is 0.332 e. The summed E-state index contributed by atoms with van der Waals surface area (Å²) in [5, 5.41) is 12.1. The van der Waals surface area contributed by atoms with Crippen LogP contribution in [0.25, 0.3) is 0 Å². The molecule has 0 spiro atoms. The lowest BCUT2D eigenvalue weighted by molar-refractivity contribution is -0.149. The van der Waals surface area contributed by atoms with Crippen LogP contribution in [0.15, 0.2) is 18.2 Å². The SMILES string of the molecule is Cc1ccc(NCC2CCC(C(=O)O)O2)cc1I. The van der Waals surface area contributed by atoms with Gasteiger partial charge < -0.3 is 15.2 Å². The Morgan fingerprint density at radius 3 is 2.94 bits per heavy atom. The molecule has 1 heterocycles. The average molecular weight is 361 g/mol. The summed E-state index contributed by atoms with van der Waals surface area (Å²) in [5.41, 5.74) is 2.30. The largest absolute Gasteiger partial charge is 0.479 e. The van der Waals surface area contributed by atoms with E-state index in [0.717, 1.165) is 12.1 Å². The Hall–Kier alpha value is -0.820. The van der Waals surface area contributed by atoms with E-state index in [2.05, 4.69) is 47.0 Å². The molecule has 0 amide bonds. The number of carbonyl (C=O) groups is 1. The Kier molecular flexibility index (Phi) is 4.45. The van der Waals surface area contributed by atoms with Crippen LogP contribution >= 0.6 is 22.6 Å². The zero-order valence-corrected chi connectivity index (χ0v) is 12.3. The first-order valence-electron chi connectivity index (χ1n) is 5.94. The standard InChI is InChI=1S/C13H16INO3/c1-8-2-3-9(6-11(8)14)15-7-10-4-5-12(18-10)13(16)17/h2-3,6,10,12,15H,4-5,7H2,1H3,(H,16,17). The summed E-state index contributed by atoms with van der Waals surface area (Å²) < 4.78 is 6.65. The molecule has 0 saturated carbocycles. The van der Waals surface area contributed by atoms with Crippen molar-refractivity contribution in [1.29, 1.82) is 0 Å². The fraction of sp³-hybridized carbons (Fsp3) is 0.462. The van der Waals surface area contributed by atoms with Crippen molar-refractivity contribution in [1.82, 2.24) is 0 Å². The van der Waals surface area contributed by atoms with Gasteiger partial charge in [-0.2, -0.15) is 0 Å². The lowest BCUT2D eigenvalue weighted by atomic mass is 10.2. The maximum Gasteiger partial charge on any atom is 0.332 e. The molecule has 0 aromatic heterocycles. The molecule has 2 rings (SSSR count). The van der Waals surface area contributed by atoms with Crippen LogP contribution in [0.2, 0.25) is 0 Å². The highest BCUT2D eigenvalue weighted by atomic mass is 127. The predicted molar refractivity (Wildman–Crippen MR) is 77.9 cm³/mol. The first-order valence-corrected chi connectivity index (χ1v) is 7.02. The van der Waals surface area contributed by atoms with Gasteiger partial charge in [-0.3, -0.25) is 0 Å². The number of benzene rings is 1. The number of halogens is 1. The average Bonchev–Trinajstić information content (AvgIpc) is 2.79. The monoisotopic (exact) mass is 361 g/mol. The minimum Gasteiger partial charge on any atom is -0.479 e. The number of ether oxygens (including phenoxy) is 1. The first kappa shape index (κ1) is 13.6. The summed E-state index contributed by atoms with van der Waals surface area (Å²) >= 11 is 2.30. The minimum atomic E-state index is -0.859. The highest BCUT2D eigenvalue weighted by Crippen LogP contribution is 2.21. The third-order valence-electron chi connectivity index (χ3n) is 3.09. The van der Waals surface area contributed by atoms with Crippen molar-refractivity contribution in [2.75, 3.05) is 11.9 Å². The lowest BCUT2D eigenvalue weighted by Gasteiger charge is -2.13. The molecule has 1 fully saturated rings. The number of aryl methyl sites for hydroxylation is 1. The maximum atomic E-state index is 10.8. The third-order valence-corrected chi connectivity index (χ3v) is 4.25. The van der Waals surface area contributed by atoms with E-state index in [9.17, 15) is 4.79 Å². The Morgan fingerprint density at radius 1 is 1.56 bits per heavy atom. The summed E-state index contributed by atoms with van der Waals surface area (Å²) in [5.74, 6) is -0.859. The Morgan fingerprint density at radius 2 is 2.33 bits per heavy atom. The van der Waals surface area contributed by atoms with E-state index in [0.29, 0.717) is 13.0 Å². The lowest BCUT2D eigenvalue weighted by Crippen LogP contribution is -2.24.